The minimum atomic E-state index is -4.93. The van der Waals surface area contributed by atoms with Crippen molar-refractivity contribution >= 4 is 58.2 Å². The van der Waals surface area contributed by atoms with Gasteiger partial charge < -0.3 is 4.74 Å². The molecule has 2 aromatic rings. The predicted octanol–water partition coefficient (Wildman–Crippen LogP) is 6.94. The Balaban J connectivity index is 2.12. The van der Waals surface area contributed by atoms with Gasteiger partial charge in [0.25, 0.3) is 5.91 Å². The van der Waals surface area contributed by atoms with Crippen molar-refractivity contribution < 1.29 is 32.3 Å². The Hall–Kier alpha value is -2.92. The molecule has 1 aliphatic heterocycles. The SMILES string of the molecule is C=CC(=O)NN(C(=O)OC(C)(C)C)c1cc(C2=CC(c3cc(Cl)cc(Cl)c3)(C(F)(F)F)ON2)ccc1Cl. The van der Waals surface area contributed by atoms with E-state index in [1.54, 1.807) is 20.8 Å². The zero-order chi connectivity index (χ0) is 27.8. The molecule has 0 aliphatic carbocycles. The number of benzene rings is 2. The standard InChI is InChI=1S/C24H21Cl3F3N3O4/c1-5-20(34)31-33(21(35)36-22(2,3)4)19-8-13(6-7-17(19)27)18-12-23(37-32-18,24(28,29)30)14-9-15(25)11-16(26)10-14/h5-12,32H,1H2,2-4H3,(H,31,34). The smallest absolute Gasteiger partial charge is 0.434 e. The van der Waals surface area contributed by atoms with E-state index in [1.807, 2.05) is 0 Å². The summed E-state index contributed by atoms with van der Waals surface area (Å²) in [5, 5.41) is 0.681. The number of hydrogen-bond donors (Lipinski definition) is 2. The topological polar surface area (TPSA) is 79.9 Å². The van der Waals surface area contributed by atoms with Gasteiger partial charge in [0.1, 0.15) is 5.60 Å². The molecule has 1 atom stereocenters. The van der Waals surface area contributed by atoms with Crippen LogP contribution in [0.5, 0.6) is 0 Å². The number of hydrogen-bond acceptors (Lipinski definition) is 5. The van der Waals surface area contributed by atoms with Crippen LogP contribution in [0.1, 0.15) is 31.9 Å². The molecule has 0 saturated heterocycles. The Morgan fingerprint density at radius 1 is 1.11 bits per heavy atom. The molecule has 0 radical (unpaired) electrons. The van der Waals surface area contributed by atoms with Gasteiger partial charge in [-0.25, -0.2) is 4.79 Å². The van der Waals surface area contributed by atoms with Crippen molar-refractivity contribution in [3.63, 3.8) is 0 Å². The van der Waals surface area contributed by atoms with E-state index in [9.17, 15) is 22.8 Å². The monoisotopic (exact) mass is 577 g/mol. The number of carbonyl (C=O) groups is 2. The van der Waals surface area contributed by atoms with Crippen molar-refractivity contribution in [2.75, 3.05) is 5.01 Å². The molecule has 0 spiro atoms. The average Bonchev–Trinajstić information content (AvgIpc) is 3.23. The summed E-state index contributed by atoms with van der Waals surface area (Å²) >= 11 is 18.2. The third-order valence-electron chi connectivity index (χ3n) is 4.86. The van der Waals surface area contributed by atoms with Gasteiger partial charge in [-0.2, -0.15) is 18.2 Å². The zero-order valence-corrected chi connectivity index (χ0v) is 21.9. The summed E-state index contributed by atoms with van der Waals surface area (Å²) in [5.41, 5.74) is 0.289. The molecule has 37 heavy (non-hydrogen) atoms. The first-order valence-corrected chi connectivity index (χ1v) is 11.7. The molecule has 0 aromatic heterocycles. The third kappa shape index (κ3) is 6.32. The van der Waals surface area contributed by atoms with E-state index < -0.39 is 29.4 Å². The van der Waals surface area contributed by atoms with Crippen LogP contribution in [0.2, 0.25) is 15.1 Å². The summed E-state index contributed by atoms with van der Waals surface area (Å²) in [5.74, 6) is -0.761. The van der Waals surface area contributed by atoms with E-state index >= 15 is 0 Å². The van der Waals surface area contributed by atoms with Gasteiger partial charge in [-0.15, -0.1) is 0 Å². The Kier molecular flexibility index (Phi) is 8.09. The van der Waals surface area contributed by atoms with Crippen LogP contribution in [0.15, 0.2) is 55.1 Å². The Bertz CT molecular complexity index is 1260. The van der Waals surface area contributed by atoms with E-state index in [0.29, 0.717) is 0 Å². The number of nitrogens with one attached hydrogen (secondary N) is 2. The fraction of sp³-hybridized carbons (Fsp3) is 0.250. The largest absolute Gasteiger partial charge is 0.442 e. The highest BCUT2D eigenvalue weighted by molar-refractivity contribution is 6.35. The summed E-state index contributed by atoms with van der Waals surface area (Å²) in [6.45, 7) is 8.17. The highest BCUT2D eigenvalue weighted by Crippen LogP contribution is 2.48. The summed E-state index contributed by atoms with van der Waals surface area (Å²) in [7, 11) is 0. The van der Waals surface area contributed by atoms with Gasteiger partial charge in [0.05, 0.1) is 16.4 Å². The number of rotatable bonds is 4. The van der Waals surface area contributed by atoms with E-state index in [-0.39, 0.29) is 37.6 Å². The maximum Gasteiger partial charge on any atom is 0.434 e. The number of carbonyl (C=O) groups excluding carboxylic acids is 2. The fourth-order valence-electron chi connectivity index (χ4n) is 3.27. The van der Waals surface area contributed by atoms with Crippen LogP contribution in [0.25, 0.3) is 5.70 Å². The fourth-order valence-corrected chi connectivity index (χ4v) is 4.00. The molecule has 2 amide bonds. The molecule has 2 N–H and O–H groups in total. The van der Waals surface area contributed by atoms with Gasteiger partial charge in [-0.3, -0.25) is 20.5 Å². The van der Waals surface area contributed by atoms with Crippen molar-refractivity contribution in [3.05, 3.63) is 81.3 Å². The second kappa shape index (κ2) is 10.4. The van der Waals surface area contributed by atoms with Crippen LogP contribution in [0, 0.1) is 0 Å². The molecular weight excluding hydrogens is 558 g/mol. The number of alkyl halides is 3. The van der Waals surface area contributed by atoms with Crippen LogP contribution in [-0.4, -0.2) is 23.8 Å². The van der Waals surface area contributed by atoms with Gasteiger partial charge in [-0.1, -0.05) is 47.4 Å². The third-order valence-corrected chi connectivity index (χ3v) is 5.62. The Morgan fingerprint density at radius 3 is 2.27 bits per heavy atom. The number of amides is 2. The minimum Gasteiger partial charge on any atom is -0.442 e. The normalized spacial score (nSPS) is 17.5. The molecule has 2 aromatic carbocycles. The van der Waals surface area contributed by atoms with Crippen LogP contribution >= 0.6 is 34.8 Å². The summed E-state index contributed by atoms with van der Waals surface area (Å²) in [6, 6.07) is 7.46. The lowest BCUT2D eigenvalue weighted by Crippen LogP contribution is -2.48. The highest BCUT2D eigenvalue weighted by Gasteiger charge is 2.59. The minimum absolute atomic E-state index is 0.0119. The molecular formula is C24H21Cl3F3N3O4. The molecule has 7 nitrogen and oxygen atoms in total. The molecule has 1 heterocycles. The molecule has 198 valence electrons. The van der Waals surface area contributed by atoms with Crippen LogP contribution in [-0.2, 0) is 20.0 Å². The van der Waals surface area contributed by atoms with Crippen LogP contribution in [0.3, 0.4) is 0 Å². The maximum absolute atomic E-state index is 14.3. The average molecular weight is 579 g/mol. The van der Waals surface area contributed by atoms with E-state index in [1.165, 1.54) is 24.3 Å². The zero-order valence-electron chi connectivity index (χ0n) is 19.7. The number of nitrogens with zero attached hydrogens (tertiary/aromatic N) is 1. The molecule has 1 aliphatic rings. The van der Waals surface area contributed by atoms with E-state index in [4.69, 9.17) is 44.4 Å². The second-order valence-electron chi connectivity index (χ2n) is 8.82. The number of anilines is 1. The number of hydrazine groups is 1. The van der Waals surface area contributed by atoms with Crippen molar-refractivity contribution in [1.29, 1.82) is 0 Å². The molecule has 3 rings (SSSR count). The van der Waals surface area contributed by atoms with Gasteiger partial charge in [0, 0.05) is 21.2 Å². The van der Waals surface area contributed by atoms with Gasteiger partial charge in [-0.05, 0) is 63.3 Å². The van der Waals surface area contributed by atoms with Gasteiger partial charge in [0.15, 0.2) is 0 Å². The second-order valence-corrected chi connectivity index (χ2v) is 10.1. The highest BCUT2D eigenvalue weighted by atomic mass is 35.5. The number of hydroxylamine groups is 1. The van der Waals surface area contributed by atoms with Crippen LogP contribution in [0.4, 0.5) is 23.7 Å². The lowest BCUT2D eigenvalue weighted by Gasteiger charge is -2.28. The lowest BCUT2D eigenvalue weighted by atomic mass is 9.91. The molecule has 1 unspecified atom stereocenters. The van der Waals surface area contributed by atoms with Gasteiger partial charge in [0.2, 0.25) is 5.60 Å². The quantitative estimate of drug-likeness (QED) is 0.304. The molecule has 13 heteroatoms. The summed E-state index contributed by atoms with van der Waals surface area (Å²) < 4.78 is 48.3. The maximum atomic E-state index is 14.3. The van der Waals surface area contributed by atoms with E-state index in [2.05, 4.69) is 17.5 Å². The Labute approximate surface area is 225 Å². The first-order chi connectivity index (χ1) is 17.1. The first kappa shape index (κ1) is 28.6. The number of ether oxygens (including phenoxy) is 1. The van der Waals surface area contributed by atoms with E-state index in [0.717, 1.165) is 29.3 Å². The lowest BCUT2D eigenvalue weighted by molar-refractivity contribution is -0.269. The molecule has 0 fully saturated rings. The van der Waals surface area contributed by atoms with Crippen molar-refractivity contribution in [2.45, 2.75) is 38.1 Å². The molecule has 0 saturated carbocycles. The first-order valence-electron chi connectivity index (χ1n) is 10.5. The summed E-state index contributed by atoms with van der Waals surface area (Å²) in [4.78, 5) is 29.9. The molecule has 0 bridgehead atoms. The number of halogens is 6. The van der Waals surface area contributed by atoms with Crippen molar-refractivity contribution in [3.8, 4) is 0 Å². The van der Waals surface area contributed by atoms with Crippen molar-refractivity contribution in [2.24, 2.45) is 0 Å². The Morgan fingerprint density at radius 2 is 1.73 bits per heavy atom. The summed E-state index contributed by atoms with van der Waals surface area (Å²) in [6.07, 6.45) is -4.20. The van der Waals surface area contributed by atoms with Gasteiger partial charge >= 0.3 is 12.3 Å². The predicted molar refractivity (Wildman–Crippen MR) is 135 cm³/mol. The van der Waals surface area contributed by atoms with Crippen LogP contribution < -0.4 is 15.9 Å². The van der Waals surface area contributed by atoms with Crippen molar-refractivity contribution in [1.82, 2.24) is 10.9 Å².